The van der Waals surface area contributed by atoms with Crippen molar-refractivity contribution >= 4 is 22.5 Å². The van der Waals surface area contributed by atoms with Crippen LogP contribution in [0.4, 0.5) is 23.5 Å². The number of aryl methyl sites for hydroxylation is 1. The molecule has 8 nitrogen and oxygen atoms in total. The lowest BCUT2D eigenvalue weighted by Crippen LogP contribution is -2.33. The average molecular weight is 489 g/mol. The first-order valence-electron chi connectivity index (χ1n) is 11.5. The van der Waals surface area contributed by atoms with Gasteiger partial charge >= 0.3 is 6.18 Å². The molecule has 12 heteroatoms. The third kappa shape index (κ3) is 3.41. The van der Waals surface area contributed by atoms with Crippen molar-refractivity contribution in [3.63, 3.8) is 0 Å². The maximum absolute atomic E-state index is 14.1. The predicted molar refractivity (Wildman–Crippen MR) is 119 cm³/mol. The standard InChI is InChI=1S/C23H23F4N7O/c1-35-16-10-13(24)9-15-18(16)31-21(28)34-19(15)30-17(32-34)3-2-12-4-7-33-14(8-12)11-29-20(33)22(5-6-22)23(25,26)27/h9-12H,2-8H2,1H3,(H2,28,31). The van der Waals surface area contributed by atoms with Crippen LogP contribution < -0.4 is 10.5 Å². The second kappa shape index (κ2) is 7.53. The Hall–Kier alpha value is -3.44. The summed E-state index contributed by atoms with van der Waals surface area (Å²) in [7, 11) is 1.43. The van der Waals surface area contributed by atoms with E-state index in [1.54, 1.807) is 10.8 Å². The number of anilines is 1. The van der Waals surface area contributed by atoms with Gasteiger partial charge in [-0.15, -0.1) is 5.10 Å². The number of nitrogens with zero attached hydrogens (tertiary/aromatic N) is 6. The highest BCUT2D eigenvalue weighted by Crippen LogP contribution is 2.58. The highest BCUT2D eigenvalue weighted by molar-refractivity contribution is 5.95. The molecular weight excluding hydrogens is 466 g/mol. The quantitative estimate of drug-likeness (QED) is 0.426. The van der Waals surface area contributed by atoms with Gasteiger partial charge in [-0.25, -0.2) is 19.3 Å². The molecule has 3 aromatic heterocycles. The van der Waals surface area contributed by atoms with Crippen LogP contribution in [0.3, 0.4) is 0 Å². The minimum atomic E-state index is -4.27. The summed E-state index contributed by atoms with van der Waals surface area (Å²) in [6.45, 7) is 0.520. The molecule has 6 rings (SSSR count). The number of hydrogen-bond donors (Lipinski definition) is 1. The molecule has 2 N–H and O–H groups in total. The van der Waals surface area contributed by atoms with Crippen molar-refractivity contribution in [1.82, 2.24) is 29.1 Å². The van der Waals surface area contributed by atoms with E-state index in [1.165, 1.54) is 23.8 Å². The molecule has 1 aliphatic heterocycles. The van der Waals surface area contributed by atoms with Crippen LogP contribution >= 0.6 is 0 Å². The van der Waals surface area contributed by atoms with Crippen LogP contribution in [0.1, 0.15) is 43.0 Å². The van der Waals surface area contributed by atoms with Gasteiger partial charge in [0.2, 0.25) is 5.95 Å². The lowest BCUT2D eigenvalue weighted by atomic mass is 9.91. The summed E-state index contributed by atoms with van der Waals surface area (Å²) in [6, 6.07) is 2.56. The number of fused-ring (bicyclic) bond motifs is 4. The summed E-state index contributed by atoms with van der Waals surface area (Å²) in [5, 5.41) is 4.91. The average Bonchev–Trinajstić information content (AvgIpc) is 3.35. The second-order valence-corrected chi connectivity index (χ2v) is 9.44. The summed E-state index contributed by atoms with van der Waals surface area (Å²) < 4.78 is 63.2. The number of imidazole rings is 1. The first-order valence-corrected chi connectivity index (χ1v) is 11.5. The van der Waals surface area contributed by atoms with Gasteiger partial charge in [0.1, 0.15) is 28.3 Å². The number of nitrogen functional groups attached to an aromatic ring is 1. The van der Waals surface area contributed by atoms with Gasteiger partial charge in [-0.05, 0) is 44.1 Å². The number of benzene rings is 1. The maximum atomic E-state index is 14.1. The molecule has 2 aliphatic rings. The molecule has 4 aromatic rings. The molecule has 35 heavy (non-hydrogen) atoms. The maximum Gasteiger partial charge on any atom is 0.401 e. The smallest absolute Gasteiger partial charge is 0.401 e. The largest absolute Gasteiger partial charge is 0.494 e. The number of nitrogens with two attached hydrogens (primary N) is 1. The Morgan fingerprint density at radius 1 is 1.23 bits per heavy atom. The highest BCUT2D eigenvalue weighted by atomic mass is 19.4. The molecule has 0 saturated heterocycles. The Morgan fingerprint density at radius 2 is 2.03 bits per heavy atom. The SMILES string of the molecule is COc1cc(F)cc2c1nc(N)n1nc(CCC3CCn4c(cnc4C4(C(F)(F)F)CC4)C3)nc21. The highest BCUT2D eigenvalue weighted by Gasteiger charge is 2.67. The third-order valence-corrected chi connectivity index (χ3v) is 7.29. The Kier molecular flexibility index (Phi) is 4.74. The van der Waals surface area contributed by atoms with Gasteiger partial charge in [0.25, 0.3) is 0 Å². The van der Waals surface area contributed by atoms with E-state index in [1.807, 2.05) is 0 Å². The summed E-state index contributed by atoms with van der Waals surface area (Å²) >= 11 is 0. The zero-order valence-corrected chi connectivity index (χ0v) is 18.9. The zero-order valence-electron chi connectivity index (χ0n) is 18.9. The van der Waals surface area contributed by atoms with E-state index in [2.05, 4.69) is 20.1 Å². The number of hydrogen-bond acceptors (Lipinski definition) is 6. The van der Waals surface area contributed by atoms with Crippen molar-refractivity contribution in [1.29, 1.82) is 0 Å². The summed E-state index contributed by atoms with van der Waals surface area (Å²) in [4.78, 5) is 13.1. The van der Waals surface area contributed by atoms with Gasteiger partial charge in [0.05, 0.1) is 12.5 Å². The van der Waals surface area contributed by atoms with Crippen LogP contribution in [-0.4, -0.2) is 42.4 Å². The summed E-state index contributed by atoms with van der Waals surface area (Å²) in [6.07, 6.45) is 0.260. The van der Waals surface area contributed by atoms with Crippen molar-refractivity contribution in [3.05, 3.63) is 41.5 Å². The molecule has 1 aromatic carbocycles. The number of aromatic nitrogens is 6. The van der Waals surface area contributed by atoms with Crippen molar-refractivity contribution in [2.24, 2.45) is 5.92 Å². The molecule has 1 aliphatic carbocycles. The fourth-order valence-electron chi connectivity index (χ4n) is 5.23. The number of halogens is 4. The lowest BCUT2D eigenvalue weighted by molar-refractivity contribution is -0.163. The summed E-state index contributed by atoms with van der Waals surface area (Å²) in [5.41, 5.74) is 5.95. The van der Waals surface area contributed by atoms with Gasteiger partial charge in [-0.1, -0.05) is 0 Å². The normalized spacial score (nSPS) is 19.3. The fourth-order valence-corrected chi connectivity index (χ4v) is 5.23. The van der Waals surface area contributed by atoms with E-state index in [-0.39, 0.29) is 36.3 Å². The molecule has 0 radical (unpaired) electrons. The molecule has 0 bridgehead atoms. The van der Waals surface area contributed by atoms with E-state index in [9.17, 15) is 17.6 Å². The molecule has 1 fully saturated rings. The van der Waals surface area contributed by atoms with E-state index >= 15 is 0 Å². The number of rotatable bonds is 5. The van der Waals surface area contributed by atoms with Gasteiger partial charge in [-0.3, -0.25) is 0 Å². The molecule has 0 spiro atoms. The Bertz CT molecular complexity index is 1450. The van der Waals surface area contributed by atoms with E-state index in [0.29, 0.717) is 41.8 Å². The van der Waals surface area contributed by atoms with E-state index < -0.39 is 17.4 Å². The van der Waals surface area contributed by atoms with Gasteiger partial charge in [0.15, 0.2) is 11.5 Å². The molecule has 1 saturated carbocycles. The monoisotopic (exact) mass is 489 g/mol. The Balaban J connectivity index is 1.22. The molecule has 1 unspecified atom stereocenters. The van der Waals surface area contributed by atoms with Crippen LogP contribution in [0, 0.1) is 11.7 Å². The van der Waals surface area contributed by atoms with Crippen LogP contribution in [0.5, 0.6) is 5.75 Å². The first kappa shape index (κ1) is 22.1. The first-order chi connectivity index (χ1) is 16.7. The van der Waals surface area contributed by atoms with Gasteiger partial charge < -0.3 is 15.0 Å². The Morgan fingerprint density at radius 3 is 2.74 bits per heavy atom. The second-order valence-electron chi connectivity index (χ2n) is 9.44. The fraction of sp³-hybridized carbons (Fsp3) is 0.478. The topological polar surface area (TPSA) is 96.2 Å². The predicted octanol–water partition coefficient (Wildman–Crippen LogP) is 3.99. The van der Waals surface area contributed by atoms with Crippen molar-refractivity contribution in [3.8, 4) is 5.75 Å². The number of alkyl halides is 3. The minimum absolute atomic E-state index is 0.110. The van der Waals surface area contributed by atoms with Crippen LogP contribution in [0.15, 0.2) is 18.3 Å². The van der Waals surface area contributed by atoms with Crippen molar-refractivity contribution < 1.29 is 22.3 Å². The summed E-state index contributed by atoms with van der Waals surface area (Å²) in [5.74, 6) is 0.869. The van der Waals surface area contributed by atoms with Crippen LogP contribution in [0.25, 0.3) is 16.6 Å². The van der Waals surface area contributed by atoms with E-state index in [4.69, 9.17) is 10.5 Å². The molecule has 4 heterocycles. The lowest BCUT2D eigenvalue weighted by Gasteiger charge is -2.27. The Labute approximate surface area is 197 Å². The van der Waals surface area contributed by atoms with Gasteiger partial charge in [-0.2, -0.15) is 17.7 Å². The number of ether oxygens (including phenoxy) is 1. The molecule has 184 valence electrons. The van der Waals surface area contributed by atoms with Crippen LogP contribution in [-0.2, 0) is 24.8 Å². The zero-order chi connectivity index (χ0) is 24.5. The molecule has 1 atom stereocenters. The molecular formula is C23H23F4N7O. The molecule has 0 amide bonds. The van der Waals surface area contributed by atoms with Gasteiger partial charge in [0, 0.05) is 30.9 Å². The van der Waals surface area contributed by atoms with Crippen LogP contribution in [0.2, 0.25) is 0 Å². The van der Waals surface area contributed by atoms with E-state index in [0.717, 1.165) is 18.5 Å². The third-order valence-electron chi connectivity index (χ3n) is 7.29. The number of methoxy groups -OCH3 is 1. The minimum Gasteiger partial charge on any atom is -0.494 e. The van der Waals surface area contributed by atoms with Crippen molar-refractivity contribution in [2.75, 3.05) is 12.8 Å². The van der Waals surface area contributed by atoms with Crippen molar-refractivity contribution in [2.45, 2.75) is 56.7 Å².